The van der Waals surface area contributed by atoms with E-state index in [0.717, 1.165) is 0 Å². The standard InChI is InChI=1S/C25H27NO3/c1-18-6-2-11-22(14-18)24(27)17-26-13-5-8-19-7-3-9-20(15-19)21-10-4-12-23(16-21)25(28)29/h2-4,6-7,9-12,14-16,24,26-27H,5,8,13,17H2,1H3,(H,28,29)/t24-/m0/s1/i2D,3D,6D,7D,9D,11D,13D2,14D,15D,17D2. The Hall–Kier alpha value is -2.95. The van der Waals surface area contributed by atoms with Gasteiger partial charge in [0.1, 0.15) is 0 Å². The lowest BCUT2D eigenvalue weighted by molar-refractivity contribution is 0.0697. The summed E-state index contributed by atoms with van der Waals surface area (Å²) < 4.78 is 98.3. The van der Waals surface area contributed by atoms with E-state index in [4.69, 9.17) is 16.4 Å². The average Bonchev–Trinajstić information content (AvgIpc) is 2.89. The molecule has 0 heterocycles. The summed E-state index contributed by atoms with van der Waals surface area (Å²) in [6.45, 7) is -4.27. The van der Waals surface area contributed by atoms with Crippen LogP contribution < -0.4 is 5.32 Å². The Morgan fingerprint density at radius 2 is 2.00 bits per heavy atom. The van der Waals surface area contributed by atoms with Crippen LogP contribution in [-0.2, 0) is 6.42 Å². The highest BCUT2D eigenvalue weighted by molar-refractivity contribution is 5.89. The highest BCUT2D eigenvalue weighted by Gasteiger charge is 2.07. The van der Waals surface area contributed by atoms with Crippen molar-refractivity contribution in [1.82, 2.24) is 5.32 Å². The van der Waals surface area contributed by atoms with Gasteiger partial charge in [-0.3, -0.25) is 0 Å². The fraction of sp³-hybridized carbons (Fsp3) is 0.240. The molecule has 0 fully saturated rings. The van der Waals surface area contributed by atoms with Crippen LogP contribution in [0.15, 0.2) is 72.6 Å². The largest absolute Gasteiger partial charge is 0.478 e. The van der Waals surface area contributed by atoms with Crippen molar-refractivity contribution in [2.24, 2.45) is 0 Å². The zero-order valence-corrected chi connectivity index (χ0v) is 15.6. The summed E-state index contributed by atoms with van der Waals surface area (Å²) >= 11 is 0. The monoisotopic (exact) mass is 401 g/mol. The van der Waals surface area contributed by atoms with Crippen LogP contribution in [0.3, 0.4) is 0 Å². The second-order valence-corrected chi connectivity index (χ2v) is 6.13. The van der Waals surface area contributed by atoms with Crippen LogP contribution in [0.4, 0.5) is 0 Å². The van der Waals surface area contributed by atoms with E-state index in [1.165, 1.54) is 31.2 Å². The molecule has 0 amide bonds. The van der Waals surface area contributed by atoms with Gasteiger partial charge in [0.15, 0.2) is 0 Å². The number of carboxylic acid groups (broad SMARTS) is 1. The lowest BCUT2D eigenvalue weighted by atomic mass is 9.99. The first-order valence-electron chi connectivity index (χ1n) is 14.8. The molecule has 4 nitrogen and oxygen atoms in total. The van der Waals surface area contributed by atoms with Crippen LogP contribution in [0.5, 0.6) is 0 Å². The molecule has 3 rings (SSSR count). The van der Waals surface area contributed by atoms with Crippen LogP contribution in [0.2, 0.25) is 0 Å². The van der Waals surface area contributed by atoms with Gasteiger partial charge in [-0.05, 0) is 60.6 Å². The van der Waals surface area contributed by atoms with Crippen LogP contribution in [-0.4, -0.2) is 29.2 Å². The second kappa shape index (κ2) is 10.0. The van der Waals surface area contributed by atoms with Gasteiger partial charge in [-0.1, -0.05) is 66.0 Å². The van der Waals surface area contributed by atoms with E-state index in [2.05, 4.69) is 0 Å². The maximum atomic E-state index is 11.4. The topological polar surface area (TPSA) is 69.6 Å². The molecule has 0 spiro atoms. The number of carboxylic acids is 1. The third kappa shape index (κ3) is 6.01. The Morgan fingerprint density at radius 1 is 1.17 bits per heavy atom. The fourth-order valence-corrected chi connectivity index (χ4v) is 2.49. The first kappa shape index (κ1) is 10.2. The van der Waals surface area contributed by atoms with Crippen molar-refractivity contribution in [2.45, 2.75) is 25.9 Å². The molecule has 3 N–H and O–H groups in total. The summed E-state index contributed by atoms with van der Waals surface area (Å²) in [4.78, 5) is 11.4. The molecule has 0 aliphatic carbocycles. The Morgan fingerprint density at radius 3 is 2.83 bits per heavy atom. The minimum Gasteiger partial charge on any atom is -0.478 e. The van der Waals surface area contributed by atoms with Crippen molar-refractivity contribution < 1.29 is 31.5 Å². The van der Waals surface area contributed by atoms with Gasteiger partial charge in [0.25, 0.3) is 0 Å². The molecule has 3 aromatic carbocycles. The predicted octanol–water partition coefficient (Wildman–Crippen LogP) is 4.62. The van der Waals surface area contributed by atoms with Crippen LogP contribution >= 0.6 is 0 Å². The summed E-state index contributed by atoms with van der Waals surface area (Å²) in [5, 5.41) is 22.1. The molecule has 29 heavy (non-hydrogen) atoms. The molecule has 150 valence electrons. The van der Waals surface area contributed by atoms with Gasteiger partial charge in [-0.2, -0.15) is 0 Å². The average molecular weight is 402 g/mol. The van der Waals surface area contributed by atoms with Crippen molar-refractivity contribution in [1.29, 1.82) is 0 Å². The van der Waals surface area contributed by atoms with Crippen molar-refractivity contribution in [3.63, 3.8) is 0 Å². The molecule has 1 atom stereocenters. The summed E-state index contributed by atoms with van der Waals surface area (Å²) in [5.74, 6) is -1.25. The number of aromatic carboxylic acids is 1. The van der Waals surface area contributed by atoms with Gasteiger partial charge in [-0.25, -0.2) is 4.79 Å². The lowest BCUT2D eigenvalue weighted by Gasteiger charge is -2.13. The molecule has 3 aromatic rings. The van der Waals surface area contributed by atoms with Gasteiger partial charge >= 0.3 is 5.97 Å². The molecule has 0 unspecified atom stereocenters. The smallest absolute Gasteiger partial charge is 0.335 e. The molecular weight excluding hydrogens is 362 g/mol. The first-order chi connectivity index (χ1) is 18.8. The Kier molecular flexibility index (Phi) is 3.52. The molecule has 0 saturated carbocycles. The van der Waals surface area contributed by atoms with Gasteiger partial charge in [0.05, 0.1) is 22.6 Å². The van der Waals surface area contributed by atoms with Gasteiger partial charge in [-0.15, -0.1) is 0 Å². The SMILES string of the molecule is [2H]c1c([2H])c(CCC([2H])([2H])NC([2H])([2H])[C@H](O)c2c([2H])c([2H])c([2H])c(C)c2[2H])c([2H])c(-c2cccc(C(=O)O)c2)c1[2H]. The number of nitrogens with one attached hydrogen (secondary N) is 1. The van der Waals surface area contributed by atoms with Gasteiger partial charge < -0.3 is 15.5 Å². The number of carbonyl (C=O) groups is 1. The molecule has 0 aliphatic rings. The van der Waals surface area contributed by atoms with E-state index < -0.39 is 79.3 Å². The molecule has 0 bridgehead atoms. The number of hydrogen-bond donors (Lipinski definition) is 3. The van der Waals surface area contributed by atoms with E-state index in [1.807, 2.05) is 5.32 Å². The molecule has 0 saturated heterocycles. The Labute approximate surface area is 188 Å². The van der Waals surface area contributed by atoms with E-state index >= 15 is 0 Å². The van der Waals surface area contributed by atoms with Crippen LogP contribution in [0.25, 0.3) is 11.1 Å². The summed E-state index contributed by atoms with van der Waals surface area (Å²) in [6.07, 6.45) is -3.22. The zero-order valence-electron chi connectivity index (χ0n) is 27.6. The quantitative estimate of drug-likeness (QED) is 0.489. The number of hydrogen-bond acceptors (Lipinski definition) is 3. The van der Waals surface area contributed by atoms with E-state index in [-0.39, 0.29) is 40.3 Å². The Bertz CT molecular complexity index is 1500. The Balaban J connectivity index is 1.94. The third-order valence-electron chi connectivity index (χ3n) is 3.92. The first-order valence-corrected chi connectivity index (χ1v) is 8.79. The maximum absolute atomic E-state index is 11.4. The van der Waals surface area contributed by atoms with Crippen LogP contribution in [0, 0.1) is 6.92 Å². The summed E-state index contributed by atoms with van der Waals surface area (Å²) in [7, 11) is 0. The van der Waals surface area contributed by atoms with E-state index in [0.29, 0.717) is 0 Å². The highest BCUT2D eigenvalue weighted by Crippen LogP contribution is 2.22. The van der Waals surface area contributed by atoms with Crippen molar-refractivity contribution in [3.8, 4) is 11.1 Å². The van der Waals surface area contributed by atoms with Crippen LogP contribution in [0.1, 0.15) is 56.0 Å². The predicted molar refractivity (Wildman–Crippen MR) is 116 cm³/mol. The van der Waals surface area contributed by atoms with E-state index in [1.54, 1.807) is 0 Å². The molecule has 0 radical (unpaired) electrons. The molecule has 0 aliphatic heterocycles. The number of aliphatic hydroxyl groups excluding tert-OH is 1. The fourth-order valence-electron chi connectivity index (χ4n) is 2.49. The minimum absolute atomic E-state index is 0.0569. The number of rotatable bonds is 9. The van der Waals surface area contributed by atoms with E-state index in [9.17, 15) is 15.0 Å². The number of aliphatic hydroxyl groups is 1. The molecular formula is C25H27NO3. The van der Waals surface area contributed by atoms with Crippen molar-refractivity contribution in [2.75, 3.05) is 13.0 Å². The van der Waals surface area contributed by atoms with Crippen molar-refractivity contribution >= 4 is 5.97 Å². The van der Waals surface area contributed by atoms with Gasteiger partial charge in [0, 0.05) is 12.0 Å². The molecule has 4 heteroatoms. The maximum Gasteiger partial charge on any atom is 0.335 e. The second-order valence-electron chi connectivity index (χ2n) is 6.13. The lowest BCUT2D eigenvalue weighted by Crippen LogP contribution is -2.22. The highest BCUT2D eigenvalue weighted by atomic mass is 16.4. The zero-order chi connectivity index (χ0) is 31.2. The van der Waals surface area contributed by atoms with Crippen molar-refractivity contribution in [3.05, 3.63) is 94.9 Å². The normalized spacial score (nSPS) is 18.8. The number of benzene rings is 3. The summed E-state index contributed by atoms with van der Waals surface area (Å²) in [6, 6.07) is 1.14. The third-order valence-corrected chi connectivity index (χ3v) is 3.92. The molecule has 0 aromatic heterocycles. The summed E-state index contributed by atoms with van der Waals surface area (Å²) in [5.41, 5.74) is -0.863. The minimum atomic E-state index is -2.97. The van der Waals surface area contributed by atoms with Gasteiger partial charge in [0.2, 0.25) is 0 Å².